The molecule has 0 atom stereocenters. The van der Waals surface area contributed by atoms with Gasteiger partial charge in [0.1, 0.15) is 5.75 Å². The quantitative estimate of drug-likeness (QED) is 0.572. The van der Waals surface area contributed by atoms with Gasteiger partial charge in [0.25, 0.3) is 0 Å². The summed E-state index contributed by atoms with van der Waals surface area (Å²) >= 11 is 0. The summed E-state index contributed by atoms with van der Waals surface area (Å²) in [5.74, 6) is 0.322. The van der Waals surface area contributed by atoms with E-state index >= 15 is 0 Å². The number of aromatic hydroxyl groups is 1. The lowest BCUT2D eigenvalue weighted by molar-refractivity contribution is 0.475. The zero-order chi connectivity index (χ0) is 7.11. The number of phenols is 1. The van der Waals surface area contributed by atoms with E-state index < -0.39 is 0 Å². The topological polar surface area (TPSA) is 54.4 Å². The number of para-hydroxylation sites is 1. The molecular formula is C6H6O3. The molecule has 0 aliphatic rings. The van der Waals surface area contributed by atoms with Gasteiger partial charge in [-0.2, -0.15) is 0 Å². The van der Waals surface area contributed by atoms with Gasteiger partial charge in [-0.3, -0.25) is 0 Å². The van der Waals surface area contributed by atoms with Crippen LogP contribution in [0.2, 0.25) is 0 Å². The first-order valence-electron chi connectivity index (χ1n) is 2.30. The van der Waals surface area contributed by atoms with Crippen LogP contribution in [0, 0.1) is 9.93 Å². The van der Waals surface area contributed by atoms with Crippen LogP contribution >= 0.6 is 0 Å². The van der Waals surface area contributed by atoms with E-state index in [1.54, 1.807) is 24.3 Å². The number of benzene rings is 1. The standard InChI is InChI=1S/C6H6O.O2/c7-6-4-2-1-3-5-6;1-2/h1-5,7H;. The van der Waals surface area contributed by atoms with E-state index in [2.05, 4.69) is 0 Å². The van der Waals surface area contributed by atoms with E-state index in [1.807, 2.05) is 6.07 Å². The summed E-state index contributed by atoms with van der Waals surface area (Å²) < 4.78 is 0. The second-order valence-corrected chi connectivity index (χ2v) is 1.34. The third-order valence-corrected chi connectivity index (χ3v) is 0.756. The second-order valence-electron chi connectivity index (χ2n) is 1.34. The van der Waals surface area contributed by atoms with Crippen LogP contribution in [0.1, 0.15) is 0 Å². The van der Waals surface area contributed by atoms with Crippen molar-refractivity contribution in [2.75, 3.05) is 0 Å². The summed E-state index contributed by atoms with van der Waals surface area (Å²) in [4.78, 5) is 14.0. The second kappa shape index (κ2) is 4.77. The maximum Gasteiger partial charge on any atom is 0.115 e. The highest BCUT2D eigenvalue weighted by Crippen LogP contribution is 2.02. The number of hydrogen-bond acceptors (Lipinski definition) is 3. The minimum absolute atomic E-state index is 0.322. The van der Waals surface area contributed by atoms with Crippen molar-refractivity contribution in [3.8, 4) is 5.75 Å². The molecule has 0 radical (unpaired) electrons. The molecule has 0 bridgehead atoms. The van der Waals surface area contributed by atoms with Gasteiger partial charge in [0, 0.05) is 9.93 Å². The molecule has 3 nitrogen and oxygen atoms in total. The van der Waals surface area contributed by atoms with Crippen molar-refractivity contribution in [2.45, 2.75) is 0 Å². The molecule has 1 aromatic rings. The van der Waals surface area contributed by atoms with E-state index in [1.165, 1.54) is 0 Å². The number of hydrogen-bond donors (Lipinski definition) is 1. The zero-order valence-corrected chi connectivity index (χ0v) is 4.65. The highest BCUT2D eigenvalue weighted by molar-refractivity contribution is 5.18. The SMILES string of the molecule is O=O.Oc1ccccc1. The molecule has 9 heavy (non-hydrogen) atoms. The summed E-state index contributed by atoms with van der Waals surface area (Å²) in [6.45, 7) is 0. The van der Waals surface area contributed by atoms with Crippen LogP contribution in [0.15, 0.2) is 30.3 Å². The lowest BCUT2D eigenvalue weighted by atomic mass is 10.3. The average molecular weight is 126 g/mol. The van der Waals surface area contributed by atoms with Crippen molar-refractivity contribution in [3.63, 3.8) is 0 Å². The number of rotatable bonds is 0. The van der Waals surface area contributed by atoms with Crippen molar-refractivity contribution in [1.82, 2.24) is 0 Å². The van der Waals surface area contributed by atoms with Gasteiger partial charge in [-0.25, -0.2) is 0 Å². The van der Waals surface area contributed by atoms with Crippen molar-refractivity contribution >= 4 is 0 Å². The lowest BCUT2D eigenvalue weighted by Gasteiger charge is -1.82. The first kappa shape index (κ1) is 7.62. The monoisotopic (exact) mass is 126 g/mol. The van der Waals surface area contributed by atoms with Crippen LogP contribution in [-0.2, 0) is 0 Å². The van der Waals surface area contributed by atoms with Gasteiger partial charge in [-0.05, 0) is 12.1 Å². The molecule has 1 N–H and O–H groups in total. The molecule has 1 rings (SSSR count). The van der Waals surface area contributed by atoms with Gasteiger partial charge in [0.2, 0.25) is 0 Å². The molecule has 1 aromatic carbocycles. The highest BCUT2D eigenvalue weighted by atomic mass is 16.7. The van der Waals surface area contributed by atoms with Crippen LogP contribution in [-0.4, -0.2) is 5.11 Å². The Morgan fingerprint density at radius 3 is 1.67 bits per heavy atom. The van der Waals surface area contributed by atoms with E-state index in [0.29, 0.717) is 5.75 Å². The smallest absolute Gasteiger partial charge is 0.115 e. The van der Waals surface area contributed by atoms with Crippen LogP contribution in [0.5, 0.6) is 5.75 Å². The summed E-state index contributed by atoms with van der Waals surface area (Å²) in [6, 6.07) is 8.71. The average Bonchev–Trinajstić information content (AvgIpc) is 1.94. The molecule has 0 spiro atoms. The van der Waals surface area contributed by atoms with Crippen LogP contribution < -0.4 is 0 Å². The zero-order valence-electron chi connectivity index (χ0n) is 4.65. The van der Waals surface area contributed by atoms with E-state index in [9.17, 15) is 0 Å². The largest absolute Gasteiger partial charge is 0.508 e. The van der Waals surface area contributed by atoms with Crippen molar-refractivity contribution in [3.05, 3.63) is 40.3 Å². The van der Waals surface area contributed by atoms with Crippen molar-refractivity contribution < 1.29 is 5.11 Å². The molecule has 0 unspecified atom stereocenters. The van der Waals surface area contributed by atoms with Gasteiger partial charge >= 0.3 is 0 Å². The van der Waals surface area contributed by atoms with Crippen molar-refractivity contribution in [1.29, 1.82) is 0 Å². The first-order chi connectivity index (χ1) is 4.39. The minimum Gasteiger partial charge on any atom is -0.508 e. The summed E-state index contributed by atoms with van der Waals surface area (Å²) in [5, 5.41) is 8.63. The Morgan fingerprint density at radius 1 is 1.00 bits per heavy atom. The Morgan fingerprint density at radius 2 is 1.44 bits per heavy atom. The first-order valence-corrected chi connectivity index (χ1v) is 2.30. The fraction of sp³-hybridized carbons (Fsp3) is 0. The Hall–Kier alpha value is -1.38. The van der Waals surface area contributed by atoms with Crippen molar-refractivity contribution in [2.24, 2.45) is 0 Å². The van der Waals surface area contributed by atoms with Crippen LogP contribution in [0.4, 0.5) is 0 Å². The predicted molar refractivity (Wildman–Crippen MR) is 34.8 cm³/mol. The summed E-state index contributed by atoms with van der Waals surface area (Å²) in [7, 11) is 0. The molecule has 0 saturated heterocycles. The van der Waals surface area contributed by atoms with Gasteiger partial charge in [-0.1, -0.05) is 18.2 Å². The normalized spacial score (nSPS) is 7.11. The fourth-order valence-corrected chi connectivity index (χ4v) is 0.428. The molecule has 0 heterocycles. The lowest BCUT2D eigenvalue weighted by Crippen LogP contribution is -1.56. The fourth-order valence-electron chi connectivity index (χ4n) is 0.428. The molecule has 0 amide bonds. The Balaban J connectivity index is 0.000000291. The highest BCUT2D eigenvalue weighted by Gasteiger charge is 1.74. The van der Waals surface area contributed by atoms with Gasteiger partial charge < -0.3 is 5.11 Å². The van der Waals surface area contributed by atoms with Gasteiger partial charge in [0.15, 0.2) is 0 Å². The van der Waals surface area contributed by atoms with Gasteiger partial charge in [-0.15, -0.1) is 0 Å². The molecule has 3 heteroatoms. The molecule has 0 fully saturated rings. The van der Waals surface area contributed by atoms with Crippen LogP contribution in [0.3, 0.4) is 0 Å². The third-order valence-electron chi connectivity index (χ3n) is 0.756. The molecule has 0 aliphatic carbocycles. The molecule has 0 saturated carbocycles. The Bertz CT molecular complexity index is 150. The molecule has 48 valence electrons. The maximum atomic E-state index is 8.63. The van der Waals surface area contributed by atoms with Crippen LogP contribution in [0.25, 0.3) is 0 Å². The van der Waals surface area contributed by atoms with E-state index in [4.69, 9.17) is 15.0 Å². The van der Waals surface area contributed by atoms with Gasteiger partial charge in [0.05, 0.1) is 0 Å². The van der Waals surface area contributed by atoms with E-state index in [0.717, 1.165) is 0 Å². The summed E-state index contributed by atoms with van der Waals surface area (Å²) in [6.07, 6.45) is 0. The predicted octanol–water partition coefficient (Wildman–Crippen LogP) is 1.46. The Labute approximate surface area is 52.2 Å². The molecular weight excluding hydrogens is 120 g/mol. The minimum atomic E-state index is 0.322. The Kier molecular flexibility index (Phi) is 4.04. The molecule has 0 aromatic heterocycles. The third kappa shape index (κ3) is 3.22. The maximum absolute atomic E-state index is 8.63. The summed E-state index contributed by atoms with van der Waals surface area (Å²) in [5.41, 5.74) is 0. The number of phenolic OH excluding ortho intramolecular Hbond substituents is 1. The van der Waals surface area contributed by atoms with E-state index in [-0.39, 0.29) is 0 Å². The molecule has 0 aliphatic heterocycles.